The van der Waals surface area contributed by atoms with E-state index in [0.717, 1.165) is 0 Å². The van der Waals surface area contributed by atoms with E-state index >= 15 is 0 Å². The molecule has 2 rings (SSSR count). The predicted octanol–water partition coefficient (Wildman–Crippen LogP) is 1.79. The first-order valence-corrected chi connectivity index (χ1v) is 4.77. The minimum absolute atomic E-state index is 0. The number of hydrogen-bond acceptors (Lipinski definition) is 4. The van der Waals surface area contributed by atoms with Gasteiger partial charge in [0.1, 0.15) is 10.1 Å². The molecule has 0 fully saturated rings. The number of fused-ring (bicyclic) bond motifs is 1. The molecule has 2 aromatic heterocycles. The number of hydrogen-bond donors (Lipinski definition) is 2. The molecule has 84 valence electrons. The minimum atomic E-state index is -1.29. The van der Waals surface area contributed by atoms with Crippen LogP contribution in [0.1, 0.15) is 10.5 Å². The molecular weight excluding hydrogens is 365 g/mol. The van der Waals surface area contributed by atoms with E-state index in [2.05, 4.69) is 25.9 Å². The number of carboxylic acids is 1. The number of aromatic hydroxyl groups is 1. The van der Waals surface area contributed by atoms with E-state index in [9.17, 15) is 9.90 Å². The molecule has 0 aliphatic carbocycles. The number of carboxylic acid groups (broad SMARTS) is 1. The average Bonchev–Trinajstić information content (AvgIpc) is 2.23. The third-order valence-electron chi connectivity index (χ3n) is 1.89. The molecule has 5 nitrogen and oxygen atoms in total. The maximum absolute atomic E-state index is 10.7. The number of aromatic nitrogens is 2. The van der Waals surface area contributed by atoms with Gasteiger partial charge in [-0.05, 0) is 28.1 Å². The fourth-order valence-corrected chi connectivity index (χ4v) is 1.73. The summed E-state index contributed by atoms with van der Waals surface area (Å²) in [5, 5.41) is 19.0. The van der Waals surface area contributed by atoms with Gasteiger partial charge in [0.15, 0.2) is 11.4 Å². The van der Waals surface area contributed by atoms with Gasteiger partial charge in [-0.1, -0.05) is 0 Å². The summed E-state index contributed by atoms with van der Waals surface area (Å²) >= 11 is 3.12. The van der Waals surface area contributed by atoms with Crippen LogP contribution in [0.2, 0.25) is 0 Å². The van der Waals surface area contributed by atoms with Crippen LogP contribution in [-0.2, 0) is 19.5 Å². The fourth-order valence-electron chi connectivity index (χ4n) is 1.23. The Morgan fingerprint density at radius 1 is 1.44 bits per heavy atom. The molecule has 0 aliphatic heterocycles. The van der Waals surface area contributed by atoms with E-state index in [1.165, 1.54) is 6.20 Å². The standard InChI is InChI=1S/C9H5BrN2O3.Ru/c10-8-4-2-1-3-11-5(4)7(13)6(12-8)9(14)15;/h1-3,13H,(H,14,15);. The molecule has 7 heteroatoms. The van der Waals surface area contributed by atoms with Gasteiger partial charge in [0, 0.05) is 31.1 Å². The van der Waals surface area contributed by atoms with Crippen LogP contribution in [0, 0.1) is 0 Å². The van der Waals surface area contributed by atoms with Gasteiger partial charge in [-0.3, -0.25) is 4.98 Å². The first kappa shape index (κ1) is 13.0. The molecule has 16 heavy (non-hydrogen) atoms. The molecule has 0 aliphatic rings. The van der Waals surface area contributed by atoms with Crippen molar-refractivity contribution in [3.8, 4) is 5.75 Å². The van der Waals surface area contributed by atoms with Gasteiger partial charge in [-0.15, -0.1) is 0 Å². The van der Waals surface area contributed by atoms with E-state index in [1.807, 2.05) is 0 Å². The average molecular weight is 370 g/mol. The number of carbonyl (C=O) groups is 1. The van der Waals surface area contributed by atoms with Crippen LogP contribution in [0.25, 0.3) is 10.9 Å². The van der Waals surface area contributed by atoms with Crippen LogP contribution >= 0.6 is 15.9 Å². The summed E-state index contributed by atoms with van der Waals surface area (Å²) < 4.78 is 0.348. The Hall–Kier alpha value is -1.07. The van der Waals surface area contributed by atoms with Gasteiger partial charge in [0.2, 0.25) is 0 Å². The molecular formula is C9H5BrN2O3Ru. The van der Waals surface area contributed by atoms with E-state index < -0.39 is 17.4 Å². The molecule has 0 amide bonds. The summed E-state index contributed by atoms with van der Waals surface area (Å²) in [5.74, 6) is -1.71. The Morgan fingerprint density at radius 2 is 2.12 bits per heavy atom. The van der Waals surface area contributed by atoms with Crippen molar-refractivity contribution in [2.45, 2.75) is 0 Å². The minimum Gasteiger partial charge on any atom is -0.504 e. The molecule has 0 atom stereocenters. The van der Waals surface area contributed by atoms with Crippen LogP contribution in [-0.4, -0.2) is 26.2 Å². The van der Waals surface area contributed by atoms with Crippen LogP contribution in [0.5, 0.6) is 5.75 Å². The number of halogens is 1. The van der Waals surface area contributed by atoms with Crippen molar-refractivity contribution < 1.29 is 34.5 Å². The zero-order valence-electron chi connectivity index (χ0n) is 7.66. The number of aromatic carboxylic acids is 1. The van der Waals surface area contributed by atoms with Gasteiger partial charge in [0.25, 0.3) is 0 Å². The first-order valence-electron chi connectivity index (χ1n) is 3.97. The molecule has 0 spiro atoms. The summed E-state index contributed by atoms with van der Waals surface area (Å²) in [6.07, 6.45) is 1.47. The zero-order chi connectivity index (χ0) is 11.0. The summed E-state index contributed by atoms with van der Waals surface area (Å²) in [6.45, 7) is 0. The summed E-state index contributed by atoms with van der Waals surface area (Å²) in [6, 6.07) is 3.36. The van der Waals surface area contributed by atoms with Gasteiger partial charge >= 0.3 is 5.97 Å². The van der Waals surface area contributed by atoms with E-state index in [-0.39, 0.29) is 25.0 Å². The molecule has 0 bridgehead atoms. The van der Waals surface area contributed by atoms with Gasteiger partial charge < -0.3 is 10.2 Å². The Labute approximate surface area is 111 Å². The third-order valence-corrected chi connectivity index (χ3v) is 2.50. The summed E-state index contributed by atoms with van der Waals surface area (Å²) in [5.41, 5.74) is -0.190. The predicted molar refractivity (Wildman–Crippen MR) is 55.9 cm³/mol. The quantitative estimate of drug-likeness (QED) is 0.591. The van der Waals surface area contributed by atoms with E-state index in [1.54, 1.807) is 12.1 Å². The van der Waals surface area contributed by atoms with Gasteiger partial charge in [-0.25, -0.2) is 9.78 Å². The smallest absolute Gasteiger partial charge is 0.358 e. The molecule has 0 saturated heterocycles. The maximum atomic E-state index is 10.7. The van der Waals surface area contributed by atoms with E-state index in [4.69, 9.17) is 5.11 Å². The Morgan fingerprint density at radius 3 is 2.75 bits per heavy atom. The van der Waals surface area contributed by atoms with Crippen molar-refractivity contribution in [1.29, 1.82) is 0 Å². The fraction of sp³-hybridized carbons (Fsp3) is 0. The number of rotatable bonds is 1. The third kappa shape index (κ3) is 2.06. The maximum Gasteiger partial charge on any atom is 0.358 e. The largest absolute Gasteiger partial charge is 0.504 e. The Bertz CT molecular complexity index is 562. The molecule has 2 aromatic rings. The van der Waals surface area contributed by atoms with E-state index in [0.29, 0.717) is 9.99 Å². The molecule has 0 aromatic carbocycles. The van der Waals surface area contributed by atoms with Crippen LogP contribution in [0.4, 0.5) is 0 Å². The Kier molecular flexibility index (Phi) is 3.94. The SMILES string of the molecule is O=C(O)c1nc(Br)c2cccnc2c1O.[Ru]. The Balaban J connectivity index is 0.00000128. The van der Waals surface area contributed by atoms with Crippen molar-refractivity contribution in [2.24, 2.45) is 0 Å². The van der Waals surface area contributed by atoms with Crippen molar-refractivity contribution in [3.05, 3.63) is 28.6 Å². The second kappa shape index (κ2) is 4.84. The van der Waals surface area contributed by atoms with Crippen molar-refractivity contribution in [2.75, 3.05) is 0 Å². The van der Waals surface area contributed by atoms with Crippen LogP contribution < -0.4 is 0 Å². The second-order valence-corrected chi connectivity index (χ2v) is 3.56. The zero-order valence-corrected chi connectivity index (χ0v) is 11.0. The van der Waals surface area contributed by atoms with Gasteiger partial charge in [-0.2, -0.15) is 0 Å². The molecule has 0 unspecified atom stereocenters. The van der Waals surface area contributed by atoms with Crippen molar-refractivity contribution in [1.82, 2.24) is 9.97 Å². The van der Waals surface area contributed by atoms with Crippen molar-refractivity contribution in [3.63, 3.8) is 0 Å². The molecule has 0 saturated carbocycles. The van der Waals surface area contributed by atoms with Crippen LogP contribution in [0.3, 0.4) is 0 Å². The number of pyridine rings is 2. The van der Waals surface area contributed by atoms with Crippen molar-refractivity contribution >= 4 is 32.8 Å². The number of nitrogens with zero attached hydrogens (tertiary/aromatic N) is 2. The van der Waals surface area contributed by atoms with Gasteiger partial charge in [0.05, 0.1) is 0 Å². The first-order chi connectivity index (χ1) is 7.11. The second-order valence-electron chi connectivity index (χ2n) is 2.80. The monoisotopic (exact) mass is 370 g/mol. The molecule has 0 radical (unpaired) electrons. The molecule has 2 N–H and O–H groups in total. The normalized spacial score (nSPS) is 9.81. The topological polar surface area (TPSA) is 83.3 Å². The summed E-state index contributed by atoms with van der Waals surface area (Å²) in [7, 11) is 0. The molecule has 2 heterocycles. The summed E-state index contributed by atoms with van der Waals surface area (Å²) in [4.78, 5) is 18.4. The van der Waals surface area contributed by atoms with Crippen LogP contribution in [0.15, 0.2) is 22.9 Å².